The highest BCUT2D eigenvalue weighted by molar-refractivity contribution is 6.33. The van der Waals surface area contributed by atoms with Crippen molar-refractivity contribution in [3.63, 3.8) is 0 Å². The van der Waals surface area contributed by atoms with Crippen LogP contribution in [0.5, 0.6) is 0 Å². The van der Waals surface area contributed by atoms with Crippen molar-refractivity contribution in [3.8, 4) is 11.1 Å². The number of aromatic nitrogens is 6. The topological polar surface area (TPSA) is 105 Å². The van der Waals surface area contributed by atoms with Crippen LogP contribution in [0.2, 0.25) is 5.15 Å². The van der Waals surface area contributed by atoms with Crippen molar-refractivity contribution in [3.05, 3.63) is 53.1 Å². The van der Waals surface area contributed by atoms with Crippen molar-refractivity contribution in [2.45, 2.75) is 18.5 Å². The number of carbonyl (C=O) groups is 1. The van der Waals surface area contributed by atoms with E-state index in [1.165, 1.54) is 29.7 Å². The molecular formula is C18H13ClF3N7O2. The van der Waals surface area contributed by atoms with E-state index in [1.807, 2.05) is 0 Å². The van der Waals surface area contributed by atoms with E-state index in [0.717, 1.165) is 10.5 Å². The summed E-state index contributed by atoms with van der Waals surface area (Å²) in [5.41, 5.74) is -1.02. The number of fused-ring (bicyclic) bond motifs is 1. The minimum Gasteiger partial charge on any atom is -0.472 e. The fourth-order valence-electron chi connectivity index (χ4n) is 3.71. The molecule has 0 radical (unpaired) electrons. The normalized spacial score (nSPS) is 17.0. The summed E-state index contributed by atoms with van der Waals surface area (Å²) < 4.78 is 47.3. The molecule has 1 atom stereocenters. The van der Waals surface area contributed by atoms with Crippen LogP contribution in [0, 0.1) is 0 Å². The van der Waals surface area contributed by atoms with E-state index in [1.54, 1.807) is 0 Å². The molecule has 0 spiro atoms. The number of imidazole rings is 1. The fourth-order valence-corrected chi connectivity index (χ4v) is 3.96. The van der Waals surface area contributed by atoms with E-state index >= 15 is 0 Å². The van der Waals surface area contributed by atoms with Crippen LogP contribution < -0.4 is 0 Å². The third-order valence-corrected chi connectivity index (χ3v) is 5.61. The Balaban J connectivity index is 1.56. The Morgan fingerprint density at radius 3 is 2.84 bits per heavy atom. The zero-order chi connectivity index (χ0) is 21.8. The highest BCUT2D eigenvalue weighted by Gasteiger charge is 2.37. The lowest BCUT2D eigenvalue weighted by Gasteiger charge is -2.14. The highest BCUT2D eigenvalue weighted by Crippen LogP contribution is 2.37. The van der Waals surface area contributed by atoms with Gasteiger partial charge >= 0.3 is 6.18 Å². The minimum atomic E-state index is -4.70. The molecule has 1 N–H and O–H groups in total. The number of hydrogen-bond acceptors (Lipinski definition) is 6. The molecule has 4 aromatic rings. The van der Waals surface area contributed by atoms with Gasteiger partial charge in [0, 0.05) is 36.3 Å². The third-order valence-electron chi connectivity index (χ3n) is 5.25. The SMILES string of the molecule is O=C(c1nc2c(C(F)(F)F)cc(-c3ccoc3)cn2c1Cl)N1CCC(c2nnn[nH]2)C1. The molecule has 4 aromatic heterocycles. The Morgan fingerprint density at radius 1 is 1.32 bits per heavy atom. The maximum atomic E-state index is 13.8. The van der Waals surface area contributed by atoms with E-state index < -0.39 is 23.3 Å². The summed E-state index contributed by atoms with van der Waals surface area (Å²) >= 11 is 6.35. The van der Waals surface area contributed by atoms with Gasteiger partial charge in [-0.2, -0.15) is 13.2 Å². The van der Waals surface area contributed by atoms with Gasteiger partial charge in [-0.25, -0.2) is 10.1 Å². The zero-order valence-corrected chi connectivity index (χ0v) is 16.4. The Labute approximate surface area is 176 Å². The summed E-state index contributed by atoms with van der Waals surface area (Å²) in [5, 5.41) is 13.4. The predicted octanol–water partition coefficient (Wildman–Crippen LogP) is 3.41. The van der Waals surface area contributed by atoms with Crippen LogP contribution in [-0.2, 0) is 6.18 Å². The Morgan fingerprint density at radius 2 is 2.16 bits per heavy atom. The number of nitrogens with zero attached hydrogens (tertiary/aromatic N) is 6. The fraction of sp³-hybridized carbons (Fsp3) is 0.278. The Bertz CT molecular complexity index is 1250. The smallest absolute Gasteiger partial charge is 0.420 e. The number of likely N-dealkylation sites (tertiary alicyclic amines) is 1. The maximum absolute atomic E-state index is 13.8. The molecule has 5 heterocycles. The largest absolute Gasteiger partial charge is 0.472 e. The number of pyridine rings is 1. The molecule has 160 valence electrons. The molecule has 1 aliphatic rings. The van der Waals surface area contributed by atoms with Gasteiger partial charge in [0.25, 0.3) is 5.91 Å². The van der Waals surface area contributed by atoms with Crippen molar-refractivity contribution in [1.82, 2.24) is 34.9 Å². The van der Waals surface area contributed by atoms with Crippen LogP contribution in [0.15, 0.2) is 35.3 Å². The number of carbonyl (C=O) groups excluding carboxylic acids is 1. The molecule has 1 amide bonds. The van der Waals surface area contributed by atoms with Crippen molar-refractivity contribution in [2.24, 2.45) is 0 Å². The third kappa shape index (κ3) is 3.32. The van der Waals surface area contributed by atoms with Gasteiger partial charge in [0.2, 0.25) is 0 Å². The number of nitrogens with one attached hydrogen (secondary N) is 1. The summed E-state index contributed by atoms with van der Waals surface area (Å²) in [5.74, 6) is -0.115. The van der Waals surface area contributed by atoms with Gasteiger partial charge in [-0.1, -0.05) is 11.6 Å². The first-order valence-electron chi connectivity index (χ1n) is 9.17. The number of alkyl halides is 3. The molecule has 1 unspecified atom stereocenters. The monoisotopic (exact) mass is 451 g/mol. The predicted molar refractivity (Wildman–Crippen MR) is 100 cm³/mol. The molecule has 0 bridgehead atoms. The standard InChI is InChI=1S/C18H13ClF3N7O2/c19-14-13(17(30)28-3-1-9(6-28)15-24-26-27-25-15)23-16-12(18(20,21)22)5-11(7-29(14)16)10-2-4-31-8-10/h2,4-5,7-9H,1,3,6H2,(H,24,25,26,27). The maximum Gasteiger partial charge on any atom is 0.420 e. The van der Waals surface area contributed by atoms with Gasteiger partial charge in [0.15, 0.2) is 17.2 Å². The second-order valence-electron chi connectivity index (χ2n) is 7.12. The van der Waals surface area contributed by atoms with Crippen molar-refractivity contribution >= 4 is 23.2 Å². The van der Waals surface area contributed by atoms with E-state index in [4.69, 9.17) is 16.0 Å². The van der Waals surface area contributed by atoms with Crippen LogP contribution in [0.25, 0.3) is 16.8 Å². The summed E-state index contributed by atoms with van der Waals surface area (Å²) in [4.78, 5) is 18.5. The summed E-state index contributed by atoms with van der Waals surface area (Å²) in [6, 6.07) is 2.49. The molecule has 5 rings (SSSR count). The molecule has 13 heteroatoms. The van der Waals surface area contributed by atoms with E-state index in [-0.39, 0.29) is 22.3 Å². The minimum absolute atomic E-state index is 0.104. The second kappa shape index (κ2) is 7.08. The molecule has 0 aromatic carbocycles. The van der Waals surface area contributed by atoms with Gasteiger partial charge in [-0.3, -0.25) is 9.20 Å². The van der Waals surface area contributed by atoms with Gasteiger partial charge in [0.1, 0.15) is 5.15 Å². The molecular weight excluding hydrogens is 439 g/mol. The first-order chi connectivity index (χ1) is 14.8. The lowest BCUT2D eigenvalue weighted by molar-refractivity contribution is -0.136. The average Bonchev–Trinajstić information content (AvgIpc) is 3.53. The Hall–Kier alpha value is -3.41. The number of rotatable bonds is 3. The molecule has 0 aliphatic carbocycles. The number of amides is 1. The number of tetrazole rings is 1. The van der Waals surface area contributed by atoms with Crippen LogP contribution in [0.1, 0.15) is 34.2 Å². The van der Waals surface area contributed by atoms with Gasteiger partial charge < -0.3 is 9.32 Å². The van der Waals surface area contributed by atoms with Gasteiger partial charge in [-0.15, -0.1) is 5.10 Å². The number of aromatic amines is 1. The Kier molecular flexibility index (Phi) is 4.46. The summed E-state index contributed by atoms with van der Waals surface area (Å²) in [6.45, 7) is 0.674. The number of halogens is 4. The summed E-state index contributed by atoms with van der Waals surface area (Å²) in [6.07, 6.45) is -0.0271. The van der Waals surface area contributed by atoms with Crippen molar-refractivity contribution in [2.75, 3.05) is 13.1 Å². The zero-order valence-electron chi connectivity index (χ0n) is 15.6. The van der Waals surface area contributed by atoms with Gasteiger partial charge in [0.05, 0.1) is 18.1 Å². The number of furan rings is 1. The highest BCUT2D eigenvalue weighted by atomic mass is 35.5. The molecule has 9 nitrogen and oxygen atoms in total. The molecule has 1 aliphatic heterocycles. The number of hydrogen-bond donors (Lipinski definition) is 1. The molecule has 1 fully saturated rings. The summed E-state index contributed by atoms with van der Waals surface area (Å²) in [7, 11) is 0. The van der Waals surface area contributed by atoms with Crippen LogP contribution in [-0.4, -0.2) is 53.9 Å². The second-order valence-corrected chi connectivity index (χ2v) is 7.48. The lowest BCUT2D eigenvalue weighted by atomic mass is 10.1. The number of H-pyrrole nitrogens is 1. The first-order valence-corrected chi connectivity index (χ1v) is 9.55. The van der Waals surface area contributed by atoms with Gasteiger partial charge in [-0.05, 0) is 29.0 Å². The van der Waals surface area contributed by atoms with E-state index in [2.05, 4.69) is 25.6 Å². The van der Waals surface area contributed by atoms with Crippen LogP contribution in [0.4, 0.5) is 13.2 Å². The van der Waals surface area contributed by atoms with Crippen LogP contribution >= 0.6 is 11.6 Å². The van der Waals surface area contributed by atoms with Crippen LogP contribution in [0.3, 0.4) is 0 Å². The molecule has 0 saturated carbocycles. The molecule has 31 heavy (non-hydrogen) atoms. The average molecular weight is 452 g/mol. The van der Waals surface area contributed by atoms with Crippen molar-refractivity contribution < 1.29 is 22.4 Å². The quantitative estimate of drug-likeness (QED) is 0.511. The van der Waals surface area contributed by atoms with E-state index in [0.29, 0.717) is 30.9 Å². The lowest BCUT2D eigenvalue weighted by Crippen LogP contribution is -2.29. The van der Waals surface area contributed by atoms with Crippen molar-refractivity contribution in [1.29, 1.82) is 0 Å². The first kappa shape index (κ1) is 19.5. The molecule has 1 saturated heterocycles. The van der Waals surface area contributed by atoms with E-state index in [9.17, 15) is 18.0 Å².